The van der Waals surface area contributed by atoms with Gasteiger partial charge in [-0.05, 0) is 34.9 Å². The van der Waals surface area contributed by atoms with Crippen molar-refractivity contribution in [1.29, 1.82) is 0 Å². The predicted molar refractivity (Wildman–Crippen MR) is 83.7 cm³/mol. The van der Waals surface area contributed by atoms with Crippen molar-refractivity contribution in [3.63, 3.8) is 0 Å². The summed E-state index contributed by atoms with van der Waals surface area (Å²) in [5, 5.41) is 0. The van der Waals surface area contributed by atoms with Gasteiger partial charge in [0.25, 0.3) is 10.0 Å². The van der Waals surface area contributed by atoms with Gasteiger partial charge in [-0.15, -0.1) is 0 Å². The number of alkyl halides is 2. The van der Waals surface area contributed by atoms with Crippen LogP contribution in [-0.4, -0.2) is 22.9 Å². The van der Waals surface area contributed by atoms with E-state index in [0.29, 0.717) is 0 Å². The van der Waals surface area contributed by atoms with Crippen molar-refractivity contribution in [3.8, 4) is 0 Å². The predicted octanol–water partition coefficient (Wildman–Crippen LogP) is 3.56. The van der Waals surface area contributed by atoms with Crippen LogP contribution in [0.5, 0.6) is 0 Å². The van der Waals surface area contributed by atoms with Crippen LogP contribution in [0.25, 0.3) is 0 Å². The fourth-order valence-corrected chi connectivity index (χ4v) is 7.45. The molecule has 2 saturated carbocycles. The van der Waals surface area contributed by atoms with Gasteiger partial charge < -0.3 is 0 Å². The van der Waals surface area contributed by atoms with Gasteiger partial charge in [-0.1, -0.05) is 55.2 Å². The molecule has 4 nitrogen and oxygen atoms in total. The Morgan fingerprint density at radius 3 is 2.27 bits per heavy atom. The quantitative estimate of drug-likeness (QED) is 0.597. The molecule has 0 aromatic heterocycles. The molecular formula is C15H17Cl2NO3S. The van der Waals surface area contributed by atoms with Crippen molar-refractivity contribution in [2.75, 3.05) is 0 Å². The number of sulfonamides is 1. The van der Waals surface area contributed by atoms with Crippen molar-refractivity contribution >= 4 is 33.2 Å². The summed E-state index contributed by atoms with van der Waals surface area (Å²) in [4.78, 5) is 5.84. The summed E-state index contributed by atoms with van der Waals surface area (Å²) < 4.78 is 25.5. The summed E-state index contributed by atoms with van der Waals surface area (Å²) in [6, 6.07) is 8.23. The van der Waals surface area contributed by atoms with Crippen LogP contribution < -0.4 is 0 Å². The zero-order valence-corrected chi connectivity index (χ0v) is 14.6. The van der Waals surface area contributed by atoms with Crippen molar-refractivity contribution in [2.45, 2.75) is 41.6 Å². The molecule has 2 aliphatic carbocycles. The Labute approximate surface area is 140 Å². The minimum Gasteiger partial charge on any atom is -0.251 e. The van der Waals surface area contributed by atoms with Crippen LogP contribution in [0.4, 0.5) is 0 Å². The Morgan fingerprint density at radius 1 is 1.14 bits per heavy atom. The van der Waals surface area contributed by atoms with Crippen LogP contribution in [0.1, 0.15) is 26.7 Å². The third-order valence-electron chi connectivity index (χ3n) is 5.65. The van der Waals surface area contributed by atoms with Gasteiger partial charge in [0.15, 0.2) is 4.33 Å². The fraction of sp³-hybridized carbons (Fsp3) is 0.600. The van der Waals surface area contributed by atoms with Crippen molar-refractivity contribution < 1.29 is 13.3 Å². The number of hydrogen-bond acceptors (Lipinski definition) is 3. The van der Waals surface area contributed by atoms with Gasteiger partial charge in [-0.25, -0.2) is 8.42 Å². The summed E-state index contributed by atoms with van der Waals surface area (Å²) >= 11 is 13.3. The Kier molecular flexibility index (Phi) is 2.90. The van der Waals surface area contributed by atoms with E-state index in [9.17, 15) is 8.42 Å². The second-order valence-electron chi connectivity index (χ2n) is 6.96. The number of halogens is 2. The first-order valence-electron chi connectivity index (χ1n) is 7.34. The molecular weight excluding hydrogens is 345 g/mol. The van der Waals surface area contributed by atoms with Gasteiger partial charge >= 0.3 is 0 Å². The number of benzene rings is 1. The lowest BCUT2D eigenvalue weighted by Gasteiger charge is -2.30. The molecule has 1 spiro atoms. The molecule has 1 unspecified atom stereocenters. The molecule has 1 aromatic rings. The molecule has 3 aliphatic rings. The first-order chi connectivity index (χ1) is 10.2. The highest BCUT2D eigenvalue weighted by atomic mass is 35.5. The molecule has 0 radical (unpaired) electrons. The SMILES string of the molecule is CC1(C)[C@H]2CC[C@@H]1C(Cl)(Cl)[C@]21ON1S(=O)(=O)c1ccccc1. The standard InChI is InChI=1S/C15H17Cl2NO3S/c1-13(2)11-8-9-12(13)15(14(11,16)17)18(21-15)22(19,20)10-6-4-3-5-7-10/h3-7,11-12H,8-9H2,1-2H3/t11-,12+,15+,18?/m0/s1. The number of nitrogens with zero attached hydrogens (tertiary/aromatic N) is 1. The van der Waals surface area contributed by atoms with Gasteiger partial charge in [0.1, 0.15) is 0 Å². The second-order valence-corrected chi connectivity index (χ2v) is 10.1. The van der Waals surface area contributed by atoms with Gasteiger partial charge in [0, 0.05) is 11.8 Å². The molecule has 1 heterocycles. The van der Waals surface area contributed by atoms with E-state index in [1.165, 1.54) is 0 Å². The molecule has 2 bridgehead atoms. The average molecular weight is 362 g/mol. The highest BCUT2D eigenvalue weighted by Crippen LogP contribution is 2.77. The Hall–Kier alpha value is -0.330. The maximum atomic E-state index is 12.8. The van der Waals surface area contributed by atoms with Crippen LogP contribution in [0, 0.1) is 17.3 Å². The summed E-state index contributed by atoms with van der Waals surface area (Å²) in [6.07, 6.45) is 1.77. The zero-order chi connectivity index (χ0) is 16.0. The van der Waals surface area contributed by atoms with Crippen LogP contribution in [0.15, 0.2) is 35.2 Å². The minimum absolute atomic E-state index is 0.00140. The summed E-state index contributed by atoms with van der Waals surface area (Å²) in [5.41, 5.74) is -1.28. The second kappa shape index (κ2) is 4.19. The van der Waals surface area contributed by atoms with Crippen molar-refractivity contribution in [3.05, 3.63) is 30.3 Å². The number of rotatable bonds is 2. The molecule has 3 fully saturated rings. The lowest BCUT2D eigenvalue weighted by atomic mass is 9.81. The highest BCUT2D eigenvalue weighted by Gasteiger charge is 2.87. The molecule has 7 heteroatoms. The van der Waals surface area contributed by atoms with Gasteiger partial charge in [-0.3, -0.25) is 4.84 Å². The molecule has 22 heavy (non-hydrogen) atoms. The summed E-state index contributed by atoms with van der Waals surface area (Å²) in [6.45, 7) is 4.19. The van der Waals surface area contributed by atoms with Crippen molar-refractivity contribution in [2.24, 2.45) is 17.3 Å². The molecule has 0 amide bonds. The van der Waals surface area contributed by atoms with Crippen LogP contribution in [0.3, 0.4) is 0 Å². The molecule has 120 valence electrons. The maximum absolute atomic E-state index is 12.8. The highest BCUT2D eigenvalue weighted by molar-refractivity contribution is 7.89. The summed E-state index contributed by atoms with van der Waals surface area (Å²) in [7, 11) is -3.76. The van der Waals surface area contributed by atoms with Gasteiger partial charge in [0.2, 0.25) is 5.72 Å². The van der Waals surface area contributed by atoms with Gasteiger partial charge in [0.05, 0.1) is 4.90 Å². The maximum Gasteiger partial charge on any atom is 0.268 e. The minimum atomic E-state index is -3.76. The smallest absolute Gasteiger partial charge is 0.251 e. The third kappa shape index (κ3) is 1.54. The third-order valence-corrected chi connectivity index (χ3v) is 8.37. The first kappa shape index (κ1) is 15.2. The van der Waals surface area contributed by atoms with E-state index >= 15 is 0 Å². The largest absolute Gasteiger partial charge is 0.268 e. The normalized spacial score (nSPS) is 41.0. The van der Waals surface area contributed by atoms with E-state index < -0.39 is 20.1 Å². The Morgan fingerprint density at radius 2 is 1.73 bits per heavy atom. The van der Waals surface area contributed by atoms with E-state index in [4.69, 9.17) is 28.0 Å². The topological polar surface area (TPSA) is 49.7 Å². The fourth-order valence-electron chi connectivity index (χ4n) is 4.55. The molecule has 1 aliphatic heterocycles. The Balaban J connectivity index is 1.78. The average Bonchev–Trinajstić information content (AvgIpc) is 3.10. The van der Waals surface area contributed by atoms with Crippen LogP contribution >= 0.6 is 23.2 Å². The monoisotopic (exact) mass is 361 g/mol. The molecule has 4 atom stereocenters. The number of fused-ring (bicyclic) bond motifs is 3. The van der Waals surface area contributed by atoms with Gasteiger partial charge in [-0.2, -0.15) is 0 Å². The molecule has 1 aromatic carbocycles. The van der Waals surface area contributed by atoms with Crippen LogP contribution in [-0.2, 0) is 14.9 Å². The van der Waals surface area contributed by atoms with E-state index in [2.05, 4.69) is 13.8 Å². The van der Waals surface area contributed by atoms with E-state index in [0.717, 1.165) is 17.3 Å². The lowest BCUT2D eigenvalue weighted by molar-refractivity contribution is 0.174. The number of hydrogen-bond donors (Lipinski definition) is 0. The van der Waals surface area contributed by atoms with Crippen LogP contribution in [0.2, 0.25) is 0 Å². The lowest BCUT2D eigenvalue weighted by Crippen LogP contribution is -2.45. The van der Waals surface area contributed by atoms with Crippen molar-refractivity contribution in [1.82, 2.24) is 4.47 Å². The van der Waals surface area contributed by atoms with E-state index in [-0.39, 0.29) is 22.1 Å². The first-order valence-corrected chi connectivity index (χ1v) is 9.54. The molecule has 0 N–H and O–H groups in total. The molecule has 1 saturated heterocycles. The Bertz CT molecular complexity index is 734. The molecule has 4 rings (SSSR count). The van der Waals surface area contributed by atoms with E-state index in [1.807, 2.05) is 0 Å². The zero-order valence-electron chi connectivity index (χ0n) is 12.3. The summed E-state index contributed by atoms with van der Waals surface area (Å²) in [5.74, 6) is 0.0165. The number of hydroxylamine groups is 1. The van der Waals surface area contributed by atoms with E-state index in [1.54, 1.807) is 30.3 Å².